The van der Waals surface area contributed by atoms with Crippen molar-refractivity contribution in [3.8, 4) is 0 Å². The van der Waals surface area contributed by atoms with Crippen molar-refractivity contribution < 1.29 is 23.5 Å². The third-order valence-corrected chi connectivity index (χ3v) is 5.67. The van der Waals surface area contributed by atoms with E-state index in [1.165, 1.54) is 35.2 Å². The van der Waals surface area contributed by atoms with E-state index in [9.17, 15) is 18.8 Å². The number of carbonyl (C=O) groups excluding carboxylic acids is 3. The number of thioether (sulfide) groups is 1. The Kier molecular flexibility index (Phi) is 7.37. The molecule has 1 heterocycles. The summed E-state index contributed by atoms with van der Waals surface area (Å²) in [7, 11) is 0. The average molecular weight is 410 g/mol. The second kappa shape index (κ2) is 9.52. The van der Waals surface area contributed by atoms with Crippen LogP contribution in [-0.4, -0.2) is 30.3 Å². The molecule has 9 heteroatoms. The molecule has 0 aliphatic heterocycles. The lowest BCUT2D eigenvalue weighted by Gasteiger charge is -2.08. The molecule has 1 aromatic heterocycles. The molecule has 0 radical (unpaired) electrons. The molecule has 1 aromatic carbocycles. The first-order valence-corrected chi connectivity index (χ1v) is 9.88. The van der Waals surface area contributed by atoms with Gasteiger partial charge in [0.1, 0.15) is 10.8 Å². The van der Waals surface area contributed by atoms with Gasteiger partial charge in [-0.1, -0.05) is 0 Å². The maximum Gasteiger partial charge on any atom is 0.414 e. The highest BCUT2D eigenvalue weighted by Crippen LogP contribution is 2.32. The molecule has 0 unspecified atom stereocenters. The Morgan fingerprint density at radius 1 is 1.19 bits per heavy atom. The molecule has 0 spiro atoms. The summed E-state index contributed by atoms with van der Waals surface area (Å²) in [5.74, 6) is -1.18. The molecule has 0 bridgehead atoms. The molecular formula is C18H19FN2O4S2. The third kappa shape index (κ3) is 5.80. The van der Waals surface area contributed by atoms with Crippen LogP contribution in [0.3, 0.4) is 0 Å². The van der Waals surface area contributed by atoms with E-state index in [4.69, 9.17) is 4.74 Å². The maximum absolute atomic E-state index is 12.9. The highest BCUT2D eigenvalue weighted by molar-refractivity contribution is 8.00. The summed E-state index contributed by atoms with van der Waals surface area (Å²) >= 11 is 2.51. The molecule has 2 N–H and O–H groups in total. The van der Waals surface area contributed by atoms with E-state index < -0.39 is 12.0 Å². The van der Waals surface area contributed by atoms with Gasteiger partial charge < -0.3 is 10.1 Å². The minimum Gasteiger partial charge on any atom is -0.450 e. The SMILES string of the molecule is CCOC(=O)NC(=O)c1c(NC(=O)CSc2ccc(F)cc2)sc(C)c1C. The Morgan fingerprint density at radius 3 is 2.48 bits per heavy atom. The largest absolute Gasteiger partial charge is 0.450 e. The fraction of sp³-hybridized carbons (Fsp3) is 0.278. The lowest BCUT2D eigenvalue weighted by molar-refractivity contribution is -0.113. The first-order valence-electron chi connectivity index (χ1n) is 8.08. The number of alkyl carbamates (subject to hydrolysis) is 1. The Morgan fingerprint density at radius 2 is 1.85 bits per heavy atom. The van der Waals surface area contributed by atoms with Crippen LogP contribution in [0.5, 0.6) is 0 Å². The first-order chi connectivity index (χ1) is 12.8. The number of hydrogen-bond donors (Lipinski definition) is 2. The summed E-state index contributed by atoms with van der Waals surface area (Å²) in [5.41, 5.74) is 0.925. The van der Waals surface area contributed by atoms with Crippen molar-refractivity contribution in [2.45, 2.75) is 25.7 Å². The molecule has 0 saturated heterocycles. The topological polar surface area (TPSA) is 84.5 Å². The predicted molar refractivity (Wildman–Crippen MR) is 104 cm³/mol. The monoisotopic (exact) mass is 410 g/mol. The molecule has 27 heavy (non-hydrogen) atoms. The van der Waals surface area contributed by atoms with E-state index in [0.717, 1.165) is 9.77 Å². The van der Waals surface area contributed by atoms with Crippen molar-refractivity contribution in [1.29, 1.82) is 0 Å². The van der Waals surface area contributed by atoms with Crippen LogP contribution in [0.4, 0.5) is 14.2 Å². The average Bonchev–Trinajstić information content (AvgIpc) is 2.88. The molecular weight excluding hydrogens is 391 g/mol. The van der Waals surface area contributed by atoms with Gasteiger partial charge >= 0.3 is 6.09 Å². The number of anilines is 1. The van der Waals surface area contributed by atoms with Gasteiger partial charge in [-0.3, -0.25) is 14.9 Å². The number of rotatable bonds is 6. The van der Waals surface area contributed by atoms with Crippen molar-refractivity contribution in [3.63, 3.8) is 0 Å². The predicted octanol–water partition coefficient (Wildman–Crippen LogP) is 4.12. The number of halogens is 1. The van der Waals surface area contributed by atoms with Crippen LogP contribution in [-0.2, 0) is 9.53 Å². The second-order valence-corrected chi connectivity index (χ2v) is 7.73. The molecule has 3 amide bonds. The highest BCUT2D eigenvalue weighted by atomic mass is 32.2. The van der Waals surface area contributed by atoms with Gasteiger partial charge in [0.05, 0.1) is 17.9 Å². The second-order valence-electron chi connectivity index (χ2n) is 5.45. The number of aryl methyl sites for hydroxylation is 1. The fourth-order valence-electron chi connectivity index (χ4n) is 2.15. The molecule has 6 nitrogen and oxygen atoms in total. The Hall–Kier alpha value is -2.39. The van der Waals surface area contributed by atoms with Gasteiger partial charge in [-0.15, -0.1) is 23.1 Å². The normalized spacial score (nSPS) is 10.4. The summed E-state index contributed by atoms with van der Waals surface area (Å²) in [6.45, 7) is 5.35. The Labute approximate surface area is 164 Å². The van der Waals surface area contributed by atoms with E-state index in [-0.39, 0.29) is 29.6 Å². The number of nitrogens with one attached hydrogen (secondary N) is 2. The third-order valence-electron chi connectivity index (χ3n) is 3.54. The molecule has 2 rings (SSSR count). The van der Waals surface area contributed by atoms with E-state index in [2.05, 4.69) is 10.6 Å². The van der Waals surface area contributed by atoms with Gasteiger partial charge in [0, 0.05) is 9.77 Å². The van der Waals surface area contributed by atoms with Crippen molar-refractivity contribution in [3.05, 3.63) is 46.1 Å². The van der Waals surface area contributed by atoms with E-state index in [1.54, 1.807) is 26.0 Å². The van der Waals surface area contributed by atoms with Crippen LogP contribution < -0.4 is 10.6 Å². The molecule has 0 saturated carbocycles. The van der Waals surface area contributed by atoms with Gasteiger partial charge in [0.15, 0.2) is 0 Å². The number of benzene rings is 1. The molecule has 0 aliphatic rings. The maximum atomic E-state index is 12.9. The van der Waals surface area contributed by atoms with Crippen LogP contribution in [0.15, 0.2) is 29.2 Å². The summed E-state index contributed by atoms with van der Waals surface area (Å²) < 4.78 is 17.6. The van der Waals surface area contributed by atoms with Crippen LogP contribution in [0, 0.1) is 19.7 Å². The van der Waals surface area contributed by atoms with Crippen molar-refractivity contribution in [1.82, 2.24) is 5.32 Å². The summed E-state index contributed by atoms with van der Waals surface area (Å²) in [6, 6.07) is 5.82. The Balaban J connectivity index is 2.05. The Bertz CT molecular complexity index is 850. The van der Waals surface area contributed by atoms with Crippen LogP contribution in [0.1, 0.15) is 27.7 Å². The van der Waals surface area contributed by atoms with Crippen LogP contribution >= 0.6 is 23.1 Å². The molecule has 0 aliphatic carbocycles. The molecule has 0 fully saturated rings. The van der Waals surface area contributed by atoms with E-state index >= 15 is 0 Å². The molecule has 0 atom stereocenters. The van der Waals surface area contributed by atoms with Gasteiger partial charge in [-0.2, -0.15) is 0 Å². The van der Waals surface area contributed by atoms with E-state index in [1.807, 2.05) is 6.92 Å². The number of carbonyl (C=O) groups is 3. The number of hydrogen-bond acceptors (Lipinski definition) is 6. The van der Waals surface area contributed by atoms with Gasteiger partial charge in [-0.25, -0.2) is 9.18 Å². The standard InChI is InChI=1S/C18H19FN2O4S2/c1-4-25-18(24)21-16(23)15-10(2)11(3)27-17(15)20-14(22)9-26-13-7-5-12(19)6-8-13/h5-8H,4,9H2,1-3H3,(H,20,22)(H,21,23,24). The van der Waals surface area contributed by atoms with E-state index in [0.29, 0.717) is 10.6 Å². The van der Waals surface area contributed by atoms with Gasteiger partial charge in [0.2, 0.25) is 5.91 Å². The number of thiophene rings is 1. The molecule has 2 aromatic rings. The minimum absolute atomic E-state index is 0.0978. The highest BCUT2D eigenvalue weighted by Gasteiger charge is 2.22. The number of imide groups is 1. The zero-order chi connectivity index (χ0) is 20.0. The van der Waals surface area contributed by atoms with Crippen molar-refractivity contribution >= 4 is 46.0 Å². The lowest BCUT2D eigenvalue weighted by atomic mass is 10.1. The summed E-state index contributed by atoms with van der Waals surface area (Å²) in [5, 5.41) is 5.23. The van der Waals surface area contributed by atoms with Gasteiger partial charge in [-0.05, 0) is 50.6 Å². The first kappa shape index (κ1) is 20.9. The minimum atomic E-state index is -0.838. The smallest absolute Gasteiger partial charge is 0.414 e. The quantitative estimate of drug-likeness (QED) is 0.700. The zero-order valence-corrected chi connectivity index (χ0v) is 16.7. The number of ether oxygens (including phenoxy) is 1. The summed E-state index contributed by atoms with van der Waals surface area (Å²) in [4.78, 5) is 37.7. The van der Waals surface area contributed by atoms with Crippen molar-refractivity contribution in [2.75, 3.05) is 17.7 Å². The van der Waals surface area contributed by atoms with Crippen LogP contribution in [0.25, 0.3) is 0 Å². The van der Waals surface area contributed by atoms with Crippen LogP contribution in [0.2, 0.25) is 0 Å². The lowest BCUT2D eigenvalue weighted by Crippen LogP contribution is -2.32. The fourth-order valence-corrected chi connectivity index (χ4v) is 3.93. The number of amides is 3. The zero-order valence-electron chi connectivity index (χ0n) is 15.1. The summed E-state index contributed by atoms with van der Waals surface area (Å²) in [6.07, 6.45) is -0.838. The molecule has 144 valence electrons. The van der Waals surface area contributed by atoms with Crippen molar-refractivity contribution in [2.24, 2.45) is 0 Å². The van der Waals surface area contributed by atoms with Gasteiger partial charge in [0.25, 0.3) is 5.91 Å².